The minimum atomic E-state index is -0.225. The zero-order valence-corrected chi connectivity index (χ0v) is 12.8. The van der Waals surface area contributed by atoms with Gasteiger partial charge in [0.25, 0.3) is 5.91 Å². The lowest BCUT2D eigenvalue weighted by Crippen LogP contribution is -2.14. The normalized spacial score (nSPS) is 11.2. The number of carbonyl (C=O) groups is 1. The van der Waals surface area contributed by atoms with Crippen molar-refractivity contribution >= 4 is 32.6 Å². The van der Waals surface area contributed by atoms with Crippen molar-refractivity contribution in [2.24, 2.45) is 0 Å². The first-order valence-electron chi connectivity index (χ1n) is 6.69. The number of nitrogens with zero attached hydrogens (tertiary/aromatic N) is 2. The van der Waals surface area contributed by atoms with Crippen LogP contribution in [0.2, 0.25) is 0 Å². The standard InChI is InChI=1S/C15H15N3O2S/c1-8(2)13-12(9(3)18-20-13)14(19)17-15-16-10-6-4-5-7-11(10)21-15/h4-8H,1-3H3,(H,16,17,19). The van der Waals surface area contributed by atoms with Crippen LogP contribution < -0.4 is 5.32 Å². The number of thiazole rings is 1. The van der Waals surface area contributed by atoms with Crippen molar-refractivity contribution in [1.82, 2.24) is 10.1 Å². The molecule has 108 valence electrons. The van der Waals surface area contributed by atoms with E-state index in [-0.39, 0.29) is 11.8 Å². The fraction of sp³-hybridized carbons (Fsp3) is 0.267. The smallest absolute Gasteiger partial charge is 0.262 e. The van der Waals surface area contributed by atoms with Crippen molar-refractivity contribution in [2.75, 3.05) is 5.32 Å². The van der Waals surface area contributed by atoms with Gasteiger partial charge in [-0.3, -0.25) is 10.1 Å². The Kier molecular flexibility index (Phi) is 3.47. The summed E-state index contributed by atoms with van der Waals surface area (Å²) < 4.78 is 6.29. The van der Waals surface area contributed by atoms with Crippen molar-refractivity contribution < 1.29 is 9.32 Å². The van der Waals surface area contributed by atoms with Gasteiger partial charge in [-0.2, -0.15) is 0 Å². The molecule has 2 heterocycles. The Bertz CT molecular complexity index is 771. The van der Waals surface area contributed by atoms with Crippen LogP contribution in [0.4, 0.5) is 5.13 Å². The average molecular weight is 301 g/mol. The minimum absolute atomic E-state index is 0.0994. The van der Waals surface area contributed by atoms with Gasteiger partial charge in [0.15, 0.2) is 10.9 Å². The molecule has 0 spiro atoms. The molecule has 0 saturated heterocycles. The van der Waals surface area contributed by atoms with Crippen molar-refractivity contribution in [3.63, 3.8) is 0 Å². The lowest BCUT2D eigenvalue weighted by molar-refractivity contribution is 0.102. The molecule has 0 aliphatic carbocycles. The van der Waals surface area contributed by atoms with Gasteiger partial charge in [0.05, 0.1) is 15.9 Å². The van der Waals surface area contributed by atoms with E-state index in [1.54, 1.807) is 6.92 Å². The highest BCUT2D eigenvalue weighted by Crippen LogP contribution is 2.27. The molecular weight excluding hydrogens is 286 g/mol. The van der Waals surface area contributed by atoms with Gasteiger partial charge in [-0.25, -0.2) is 4.98 Å². The number of aromatic nitrogens is 2. The number of nitrogens with one attached hydrogen (secondary N) is 1. The van der Waals surface area contributed by atoms with Crippen molar-refractivity contribution in [2.45, 2.75) is 26.7 Å². The number of hydrogen-bond donors (Lipinski definition) is 1. The van der Waals surface area contributed by atoms with Gasteiger partial charge >= 0.3 is 0 Å². The van der Waals surface area contributed by atoms with Crippen molar-refractivity contribution in [3.8, 4) is 0 Å². The predicted octanol–water partition coefficient (Wildman–Crippen LogP) is 3.97. The van der Waals surface area contributed by atoms with Gasteiger partial charge < -0.3 is 4.52 Å². The van der Waals surface area contributed by atoms with Crippen LogP contribution >= 0.6 is 11.3 Å². The van der Waals surface area contributed by atoms with E-state index in [2.05, 4.69) is 15.5 Å². The third kappa shape index (κ3) is 2.54. The van der Waals surface area contributed by atoms with Gasteiger partial charge in [0.2, 0.25) is 0 Å². The van der Waals surface area contributed by atoms with Crippen molar-refractivity contribution in [3.05, 3.63) is 41.3 Å². The first kappa shape index (κ1) is 13.8. The molecule has 0 fully saturated rings. The summed E-state index contributed by atoms with van der Waals surface area (Å²) in [6, 6.07) is 7.78. The summed E-state index contributed by atoms with van der Waals surface area (Å²) in [5, 5.41) is 7.31. The molecule has 6 heteroatoms. The maximum atomic E-state index is 12.5. The topological polar surface area (TPSA) is 68.0 Å². The van der Waals surface area contributed by atoms with Crippen LogP contribution in [0.25, 0.3) is 10.2 Å². The van der Waals surface area contributed by atoms with Gasteiger partial charge in [-0.05, 0) is 19.1 Å². The lowest BCUT2D eigenvalue weighted by Gasteiger charge is -2.04. The minimum Gasteiger partial charge on any atom is -0.360 e. The lowest BCUT2D eigenvalue weighted by atomic mass is 10.0. The Balaban J connectivity index is 1.91. The maximum Gasteiger partial charge on any atom is 0.262 e. The summed E-state index contributed by atoms with van der Waals surface area (Å²) in [5.41, 5.74) is 1.98. The monoisotopic (exact) mass is 301 g/mol. The Morgan fingerprint density at radius 3 is 2.81 bits per heavy atom. The highest BCUT2D eigenvalue weighted by molar-refractivity contribution is 7.22. The molecule has 0 aliphatic heterocycles. The summed E-state index contributed by atoms with van der Waals surface area (Å²) in [5.74, 6) is 0.477. The SMILES string of the molecule is Cc1noc(C(C)C)c1C(=O)Nc1nc2ccccc2s1. The second kappa shape index (κ2) is 5.29. The molecule has 1 amide bonds. The van der Waals surface area contributed by atoms with E-state index in [1.807, 2.05) is 38.1 Å². The van der Waals surface area contributed by atoms with E-state index >= 15 is 0 Å². The van der Waals surface area contributed by atoms with Crippen LogP contribution in [0, 0.1) is 6.92 Å². The molecule has 1 aromatic carbocycles. The summed E-state index contributed by atoms with van der Waals surface area (Å²) >= 11 is 1.45. The number of aryl methyl sites for hydroxylation is 1. The molecule has 2 aromatic heterocycles. The number of amides is 1. The average Bonchev–Trinajstić information content (AvgIpc) is 3.01. The second-order valence-electron chi connectivity index (χ2n) is 5.10. The molecule has 0 saturated carbocycles. The molecule has 21 heavy (non-hydrogen) atoms. The molecule has 0 bridgehead atoms. The highest BCUT2D eigenvalue weighted by Gasteiger charge is 2.23. The van der Waals surface area contributed by atoms with E-state index in [0.717, 1.165) is 10.2 Å². The molecule has 0 radical (unpaired) electrons. The van der Waals surface area contributed by atoms with Gasteiger partial charge in [0, 0.05) is 5.92 Å². The van der Waals surface area contributed by atoms with Crippen LogP contribution in [0.3, 0.4) is 0 Å². The maximum absolute atomic E-state index is 12.5. The summed E-state index contributed by atoms with van der Waals surface area (Å²) in [7, 11) is 0. The Morgan fingerprint density at radius 2 is 2.10 bits per heavy atom. The number of anilines is 1. The Morgan fingerprint density at radius 1 is 1.33 bits per heavy atom. The number of hydrogen-bond acceptors (Lipinski definition) is 5. The second-order valence-corrected chi connectivity index (χ2v) is 6.13. The van der Waals surface area contributed by atoms with Crippen LogP contribution in [-0.4, -0.2) is 16.0 Å². The largest absolute Gasteiger partial charge is 0.360 e. The molecular formula is C15H15N3O2S. The fourth-order valence-electron chi connectivity index (χ4n) is 2.14. The highest BCUT2D eigenvalue weighted by atomic mass is 32.1. The van der Waals surface area contributed by atoms with E-state index in [4.69, 9.17) is 4.52 Å². The number of para-hydroxylation sites is 1. The molecule has 0 atom stereocenters. The summed E-state index contributed by atoms with van der Waals surface area (Å²) in [6.07, 6.45) is 0. The van der Waals surface area contributed by atoms with Gasteiger partial charge in [0.1, 0.15) is 5.56 Å². The van der Waals surface area contributed by atoms with Crippen LogP contribution in [0.5, 0.6) is 0 Å². The fourth-order valence-corrected chi connectivity index (χ4v) is 3.00. The van der Waals surface area contributed by atoms with Crippen LogP contribution in [0.1, 0.15) is 41.6 Å². The van der Waals surface area contributed by atoms with E-state index in [1.165, 1.54) is 11.3 Å². The van der Waals surface area contributed by atoms with Crippen LogP contribution in [-0.2, 0) is 0 Å². The third-order valence-electron chi connectivity index (χ3n) is 3.15. The first-order valence-corrected chi connectivity index (χ1v) is 7.51. The number of carbonyl (C=O) groups excluding carboxylic acids is 1. The molecule has 0 unspecified atom stereocenters. The molecule has 3 aromatic rings. The van der Waals surface area contributed by atoms with Crippen LogP contribution in [0.15, 0.2) is 28.8 Å². The molecule has 1 N–H and O–H groups in total. The summed E-state index contributed by atoms with van der Waals surface area (Å²) in [4.78, 5) is 16.9. The molecule has 5 nitrogen and oxygen atoms in total. The number of fused-ring (bicyclic) bond motifs is 1. The predicted molar refractivity (Wildman–Crippen MR) is 82.9 cm³/mol. The number of rotatable bonds is 3. The molecule has 3 rings (SSSR count). The molecule has 0 aliphatic rings. The zero-order chi connectivity index (χ0) is 15.0. The quantitative estimate of drug-likeness (QED) is 0.794. The third-order valence-corrected chi connectivity index (χ3v) is 4.11. The zero-order valence-electron chi connectivity index (χ0n) is 12.0. The Labute approximate surface area is 126 Å². The summed E-state index contributed by atoms with van der Waals surface area (Å²) in [6.45, 7) is 5.70. The first-order chi connectivity index (χ1) is 10.1. The van der Waals surface area contributed by atoms with Crippen molar-refractivity contribution in [1.29, 1.82) is 0 Å². The van der Waals surface area contributed by atoms with Gasteiger partial charge in [-0.1, -0.05) is 42.5 Å². The van der Waals surface area contributed by atoms with E-state index in [0.29, 0.717) is 22.1 Å². The van der Waals surface area contributed by atoms with E-state index in [9.17, 15) is 4.79 Å². The van der Waals surface area contributed by atoms with Gasteiger partial charge in [-0.15, -0.1) is 0 Å². The number of benzene rings is 1. The van der Waals surface area contributed by atoms with E-state index < -0.39 is 0 Å². The Hall–Kier alpha value is -2.21.